The van der Waals surface area contributed by atoms with E-state index in [1.54, 1.807) is 15.7 Å². The molecule has 1 fully saturated rings. The van der Waals surface area contributed by atoms with Gasteiger partial charge in [0.1, 0.15) is 5.15 Å². The minimum Gasteiger partial charge on any atom is -0.469 e. The second-order valence-electron chi connectivity index (χ2n) is 6.82. The molecule has 0 spiro atoms. The lowest BCUT2D eigenvalue weighted by atomic mass is 9.97. The second kappa shape index (κ2) is 8.52. The smallest absolute Gasteiger partial charge is 0.308 e. The molecule has 0 aliphatic carbocycles. The summed E-state index contributed by atoms with van der Waals surface area (Å²) in [5.74, 6) is 0.0633. The Hall–Kier alpha value is -1.82. The van der Waals surface area contributed by atoms with Gasteiger partial charge in [-0.05, 0) is 31.8 Å². The maximum Gasteiger partial charge on any atom is 0.308 e. The van der Waals surface area contributed by atoms with Crippen molar-refractivity contribution in [3.05, 3.63) is 22.5 Å². The fourth-order valence-electron chi connectivity index (χ4n) is 2.99. The Balaban J connectivity index is 1.99. The highest BCUT2D eigenvalue weighted by molar-refractivity contribution is 6.31. The Kier molecular flexibility index (Phi) is 6.64. The van der Waals surface area contributed by atoms with E-state index in [4.69, 9.17) is 16.3 Å². The van der Waals surface area contributed by atoms with Crippen molar-refractivity contribution in [2.75, 3.05) is 20.2 Å². The van der Waals surface area contributed by atoms with Crippen LogP contribution in [0.1, 0.15) is 37.9 Å². The Morgan fingerprint density at radius 2 is 2.00 bits per heavy atom. The molecule has 0 aromatic carbocycles. The van der Waals surface area contributed by atoms with Gasteiger partial charge in [0.05, 0.1) is 18.7 Å². The number of nitrogens with zero attached hydrogens (tertiary/aromatic N) is 3. The molecule has 138 valence electrons. The number of rotatable bonds is 5. The summed E-state index contributed by atoms with van der Waals surface area (Å²) in [6, 6.07) is 0. The number of ether oxygens (including phenoxy) is 1. The Bertz CT molecular complexity index is 659. The number of esters is 1. The Labute approximate surface area is 153 Å². The van der Waals surface area contributed by atoms with Crippen LogP contribution in [0.2, 0.25) is 5.15 Å². The van der Waals surface area contributed by atoms with Crippen LogP contribution in [0.25, 0.3) is 6.08 Å². The lowest BCUT2D eigenvalue weighted by Gasteiger charge is -2.29. The first-order chi connectivity index (χ1) is 11.8. The molecule has 1 aliphatic rings. The van der Waals surface area contributed by atoms with E-state index in [9.17, 15) is 9.59 Å². The molecule has 7 heteroatoms. The van der Waals surface area contributed by atoms with Crippen LogP contribution in [-0.2, 0) is 20.9 Å². The highest BCUT2D eigenvalue weighted by atomic mass is 35.5. The number of piperidine rings is 1. The molecule has 1 amide bonds. The fourth-order valence-corrected chi connectivity index (χ4v) is 3.29. The number of aryl methyl sites for hydroxylation is 1. The third-order valence-electron chi connectivity index (χ3n) is 4.38. The van der Waals surface area contributed by atoms with E-state index in [1.165, 1.54) is 13.2 Å². The van der Waals surface area contributed by atoms with Crippen molar-refractivity contribution in [2.45, 2.75) is 40.2 Å². The zero-order valence-corrected chi connectivity index (χ0v) is 16.0. The van der Waals surface area contributed by atoms with Crippen LogP contribution in [0.3, 0.4) is 0 Å². The number of methoxy groups -OCH3 is 1. The van der Waals surface area contributed by atoms with Crippen LogP contribution in [0.5, 0.6) is 0 Å². The van der Waals surface area contributed by atoms with Gasteiger partial charge in [-0.2, -0.15) is 5.10 Å². The highest BCUT2D eigenvalue weighted by Crippen LogP contribution is 2.23. The van der Waals surface area contributed by atoms with Crippen LogP contribution in [0.15, 0.2) is 6.08 Å². The molecular weight excluding hydrogens is 342 g/mol. The third-order valence-corrected chi connectivity index (χ3v) is 4.78. The van der Waals surface area contributed by atoms with Gasteiger partial charge >= 0.3 is 5.97 Å². The van der Waals surface area contributed by atoms with Crippen LogP contribution < -0.4 is 0 Å². The van der Waals surface area contributed by atoms with Gasteiger partial charge < -0.3 is 9.64 Å². The van der Waals surface area contributed by atoms with Gasteiger partial charge in [-0.1, -0.05) is 25.4 Å². The van der Waals surface area contributed by atoms with Gasteiger partial charge in [0, 0.05) is 31.3 Å². The van der Waals surface area contributed by atoms with Gasteiger partial charge in [0.15, 0.2) is 0 Å². The minimum atomic E-state index is -0.192. The van der Waals surface area contributed by atoms with E-state index in [2.05, 4.69) is 18.9 Å². The maximum atomic E-state index is 12.4. The van der Waals surface area contributed by atoms with E-state index < -0.39 is 0 Å². The summed E-state index contributed by atoms with van der Waals surface area (Å²) < 4.78 is 6.54. The van der Waals surface area contributed by atoms with E-state index >= 15 is 0 Å². The van der Waals surface area contributed by atoms with Crippen molar-refractivity contribution < 1.29 is 14.3 Å². The molecule has 0 bridgehead atoms. The van der Waals surface area contributed by atoms with Crippen molar-refractivity contribution in [1.82, 2.24) is 14.7 Å². The Morgan fingerprint density at radius 3 is 2.56 bits per heavy atom. The molecule has 2 heterocycles. The number of amides is 1. The summed E-state index contributed by atoms with van der Waals surface area (Å²) >= 11 is 6.39. The van der Waals surface area contributed by atoms with Gasteiger partial charge in [-0.25, -0.2) is 0 Å². The van der Waals surface area contributed by atoms with Crippen molar-refractivity contribution in [3.63, 3.8) is 0 Å². The lowest BCUT2D eigenvalue weighted by Crippen LogP contribution is -2.39. The third kappa shape index (κ3) is 4.84. The molecule has 0 saturated carbocycles. The van der Waals surface area contributed by atoms with E-state index in [0.29, 0.717) is 37.0 Å². The topological polar surface area (TPSA) is 64.4 Å². The molecule has 0 atom stereocenters. The zero-order chi connectivity index (χ0) is 18.6. The molecule has 1 aromatic rings. The molecule has 25 heavy (non-hydrogen) atoms. The first-order valence-electron chi connectivity index (χ1n) is 8.61. The average Bonchev–Trinajstić information content (AvgIpc) is 2.85. The maximum absolute atomic E-state index is 12.4. The van der Waals surface area contributed by atoms with Crippen molar-refractivity contribution >= 4 is 29.6 Å². The summed E-state index contributed by atoms with van der Waals surface area (Å²) in [7, 11) is 1.40. The fraction of sp³-hybridized carbons (Fsp3) is 0.611. The highest BCUT2D eigenvalue weighted by Gasteiger charge is 2.27. The van der Waals surface area contributed by atoms with Crippen LogP contribution in [-0.4, -0.2) is 46.8 Å². The van der Waals surface area contributed by atoms with Gasteiger partial charge in [-0.15, -0.1) is 0 Å². The molecule has 2 rings (SSSR count). The lowest BCUT2D eigenvalue weighted by molar-refractivity contribution is -0.148. The molecule has 0 unspecified atom stereocenters. The summed E-state index contributed by atoms with van der Waals surface area (Å²) in [6.07, 6.45) is 4.54. The number of halogens is 1. The van der Waals surface area contributed by atoms with E-state index in [-0.39, 0.29) is 17.8 Å². The predicted molar refractivity (Wildman–Crippen MR) is 97.2 cm³/mol. The average molecular weight is 368 g/mol. The first-order valence-corrected chi connectivity index (χ1v) is 8.99. The molecular formula is C18H26ClN3O3. The summed E-state index contributed by atoms with van der Waals surface area (Å²) in [5, 5.41) is 4.99. The normalized spacial score (nSPS) is 16.0. The van der Waals surface area contributed by atoms with Crippen LogP contribution in [0, 0.1) is 18.8 Å². The summed E-state index contributed by atoms with van der Waals surface area (Å²) in [6.45, 7) is 7.94. The number of hydrogen-bond acceptors (Lipinski definition) is 4. The van der Waals surface area contributed by atoms with E-state index in [1.807, 2.05) is 6.92 Å². The van der Waals surface area contributed by atoms with Gasteiger partial charge in [0.25, 0.3) is 0 Å². The van der Waals surface area contributed by atoms with Crippen molar-refractivity contribution in [2.24, 2.45) is 11.8 Å². The van der Waals surface area contributed by atoms with Gasteiger partial charge in [-0.3, -0.25) is 14.3 Å². The summed E-state index contributed by atoms with van der Waals surface area (Å²) in [4.78, 5) is 25.7. The molecule has 0 N–H and O–H groups in total. The number of carbonyl (C=O) groups excluding carboxylic acids is 2. The molecule has 1 aromatic heterocycles. The first kappa shape index (κ1) is 19.5. The molecule has 0 radical (unpaired) electrons. The number of aromatic nitrogens is 2. The van der Waals surface area contributed by atoms with Crippen molar-refractivity contribution in [1.29, 1.82) is 0 Å². The largest absolute Gasteiger partial charge is 0.469 e. The standard InChI is InChI=1S/C18H26ClN3O3/c1-12(2)11-22-17(19)15(13(3)20-22)5-6-16(23)21-9-7-14(8-10-21)18(24)25-4/h5-6,12,14H,7-11H2,1-4H3. The number of hydrogen-bond donors (Lipinski definition) is 0. The SMILES string of the molecule is COC(=O)C1CCN(C(=O)C=Cc2c(C)nn(CC(C)C)c2Cl)CC1. The molecule has 6 nitrogen and oxygen atoms in total. The molecule has 1 saturated heterocycles. The second-order valence-corrected chi connectivity index (χ2v) is 7.18. The Morgan fingerprint density at radius 1 is 1.36 bits per heavy atom. The van der Waals surface area contributed by atoms with Crippen LogP contribution >= 0.6 is 11.6 Å². The van der Waals surface area contributed by atoms with Gasteiger partial charge in [0.2, 0.25) is 5.91 Å². The number of carbonyl (C=O) groups is 2. The quantitative estimate of drug-likeness (QED) is 0.593. The molecule has 1 aliphatic heterocycles. The van der Waals surface area contributed by atoms with Crippen molar-refractivity contribution in [3.8, 4) is 0 Å². The minimum absolute atomic E-state index is 0.0737. The predicted octanol–water partition coefficient (Wildman–Crippen LogP) is 2.93. The summed E-state index contributed by atoms with van der Waals surface area (Å²) in [5.41, 5.74) is 1.58. The van der Waals surface area contributed by atoms with Crippen LogP contribution in [0.4, 0.5) is 0 Å². The monoisotopic (exact) mass is 367 g/mol. The zero-order valence-electron chi connectivity index (χ0n) is 15.3. The number of likely N-dealkylation sites (tertiary alicyclic amines) is 1. The van der Waals surface area contributed by atoms with E-state index in [0.717, 1.165) is 17.8 Å².